The predicted molar refractivity (Wildman–Crippen MR) is 131 cm³/mol. The van der Waals surface area contributed by atoms with Gasteiger partial charge in [0.15, 0.2) is 5.13 Å². The Morgan fingerprint density at radius 3 is 2.68 bits per heavy atom. The lowest BCUT2D eigenvalue weighted by molar-refractivity contribution is -0.114. The van der Waals surface area contributed by atoms with E-state index in [0.29, 0.717) is 6.54 Å². The summed E-state index contributed by atoms with van der Waals surface area (Å²) in [4.78, 5) is 22.2. The highest BCUT2D eigenvalue weighted by Gasteiger charge is 2.19. The van der Waals surface area contributed by atoms with Gasteiger partial charge in [-0.05, 0) is 36.6 Å². The van der Waals surface area contributed by atoms with Gasteiger partial charge in [-0.1, -0.05) is 53.8 Å². The Balaban J connectivity index is 0.00000272. The molecular formula is C24H28ClN3O2S. The molecule has 1 saturated heterocycles. The molecule has 0 N–H and O–H groups in total. The average molecular weight is 458 g/mol. The van der Waals surface area contributed by atoms with Crippen molar-refractivity contribution in [2.75, 3.05) is 44.3 Å². The molecule has 31 heavy (non-hydrogen) atoms. The SMILES string of the molecule is Cc1cccc2sc(N(CCCN3CCOCC3)C(=O)/C=C/c3ccccc3)nc12.Cl. The number of fused-ring (bicyclic) bond motifs is 1. The minimum atomic E-state index is -0.0301. The number of benzene rings is 2. The quantitative estimate of drug-likeness (QED) is 0.478. The molecule has 2 heterocycles. The number of nitrogens with zero attached hydrogens (tertiary/aromatic N) is 3. The van der Waals surface area contributed by atoms with E-state index in [2.05, 4.69) is 24.0 Å². The molecule has 0 bridgehead atoms. The van der Waals surface area contributed by atoms with Crippen LogP contribution in [0.3, 0.4) is 0 Å². The van der Waals surface area contributed by atoms with Gasteiger partial charge in [0, 0.05) is 32.3 Å². The Labute approximate surface area is 193 Å². The van der Waals surface area contributed by atoms with Crippen molar-refractivity contribution in [3.05, 3.63) is 65.7 Å². The number of amides is 1. The monoisotopic (exact) mass is 457 g/mol. The number of anilines is 1. The van der Waals surface area contributed by atoms with Crippen LogP contribution >= 0.6 is 23.7 Å². The molecule has 1 aliphatic rings. The summed E-state index contributed by atoms with van der Waals surface area (Å²) in [5.41, 5.74) is 3.13. The number of rotatable bonds is 7. The first kappa shape index (κ1) is 23.4. The molecule has 0 unspecified atom stereocenters. The van der Waals surface area contributed by atoms with Crippen LogP contribution in [0.25, 0.3) is 16.3 Å². The summed E-state index contributed by atoms with van der Waals surface area (Å²) in [6.07, 6.45) is 4.43. The van der Waals surface area contributed by atoms with Crippen LogP contribution in [0.4, 0.5) is 5.13 Å². The van der Waals surface area contributed by atoms with Gasteiger partial charge < -0.3 is 4.74 Å². The molecule has 164 valence electrons. The minimum absolute atomic E-state index is 0. The maximum atomic E-state index is 13.1. The third-order valence-electron chi connectivity index (χ3n) is 5.28. The van der Waals surface area contributed by atoms with Crippen LogP contribution in [0.5, 0.6) is 0 Å². The Bertz CT molecular complexity index is 1020. The largest absolute Gasteiger partial charge is 0.379 e. The first-order valence-electron chi connectivity index (χ1n) is 10.4. The minimum Gasteiger partial charge on any atom is -0.379 e. The standard InChI is InChI=1S/C24H27N3O2S.ClH/c1-19-7-5-10-21-23(19)25-24(30-21)27(14-6-13-26-15-17-29-18-16-26)22(28)12-11-20-8-3-2-4-9-20;/h2-5,7-12H,6,13-18H2,1H3;1H/b12-11+;. The van der Waals surface area contributed by atoms with Gasteiger partial charge in [0.1, 0.15) is 0 Å². The maximum Gasteiger partial charge on any atom is 0.252 e. The summed E-state index contributed by atoms with van der Waals surface area (Å²) >= 11 is 1.58. The Morgan fingerprint density at radius 1 is 1.16 bits per heavy atom. The number of aryl methyl sites for hydroxylation is 1. The number of morpholine rings is 1. The summed E-state index contributed by atoms with van der Waals surface area (Å²) in [5, 5.41) is 0.768. The lowest BCUT2D eigenvalue weighted by atomic mass is 10.2. The summed E-state index contributed by atoms with van der Waals surface area (Å²) in [5.74, 6) is -0.0301. The Kier molecular flexibility index (Phi) is 8.60. The summed E-state index contributed by atoms with van der Waals surface area (Å²) in [7, 11) is 0. The lowest BCUT2D eigenvalue weighted by Gasteiger charge is -2.27. The van der Waals surface area contributed by atoms with Gasteiger partial charge in [-0.2, -0.15) is 0 Å². The summed E-state index contributed by atoms with van der Waals surface area (Å²) < 4.78 is 6.54. The molecule has 0 radical (unpaired) electrons. The van der Waals surface area contributed by atoms with E-state index < -0.39 is 0 Å². The molecule has 1 aromatic heterocycles. The lowest BCUT2D eigenvalue weighted by Crippen LogP contribution is -2.39. The first-order valence-corrected chi connectivity index (χ1v) is 11.2. The number of hydrogen-bond donors (Lipinski definition) is 0. The van der Waals surface area contributed by atoms with Crippen molar-refractivity contribution in [2.24, 2.45) is 0 Å². The van der Waals surface area contributed by atoms with Crippen molar-refractivity contribution in [1.29, 1.82) is 0 Å². The van der Waals surface area contributed by atoms with E-state index in [4.69, 9.17) is 9.72 Å². The molecule has 1 aliphatic heterocycles. The zero-order valence-corrected chi connectivity index (χ0v) is 19.3. The molecular weight excluding hydrogens is 430 g/mol. The van der Waals surface area contributed by atoms with E-state index in [-0.39, 0.29) is 18.3 Å². The number of ether oxygens (including phenoxy) is 1. The average Bonchev–Trinajstić information content (AvgIpc) is 3.22. The summed E-state index contributed by atoms with van der Waals surface area (Å²) in [6, 6.07) is 16.1. The molecule has 4 rings (SSSR count). The van der Waals surface area contributed by atoms with E-state index in [9.17, 15) is 4.79 Å². The number of para-hydroxylation sites is 1. The van der Waals surface area contributed by atoms with Crippen molar-refractivity contribution < 1.29 is 9.53 Å². The van der Waals surface area contributed by atoms with Gasteiger partial charge in [0.05, 0.1) is 23.4 Å². The number of carbonyl (C=O) groups is 1. The van der Waals surface area contributed by atoms with Crippen molar-refractivity contribution in [1.82, 2.24) is 9.88 Å². The summed E-state index contributed by atoms with van der Waals surface area (Å²) in [6.45, 7) is 7.17. The number of hydrogen-bond acceptors (Lipinski definition) is 5. The molecule has 0 spiro atoms. The second-order valence-electron chi connectivity index (χ2n) is 7.46. The third-order valence-corrected chi connectivity index (χ3v) is 6.33. The fraction of sp³-hybridized carbons (Fsp3) is 0.333. The molecule has 0 aliphatic carbocycles. The number of carbonyl (C=O) groups excluding carboxylic acids is 1. The van der Waals surface area contributed by atoms with Crippen LogP contribution in [0, 0.1) is 6.92 Å². The highest BCUT2D eigenvalue weighted by atomic mass is 35.5. The van der Waals surface area contributed by atoms with E-state index in [1.807, 2.05) is 47.4 Å². The van der Waals surface area contributed by atoms with Crippen molar-refractivity contribution >= 4 is 51.1 Å². The molecule has 7 heteroatoms. The fourth-order valence-corrected chi connectivity index (χ4v) is 4.66. The molecule has 1 amide bonds. The maximum absolute atomic E-state index is 13.1. The van der Waals surface area contributed by atoms with Crippen molar-refractivity contribution in [3.8, 4) is 0 Å². The second kappa shape index (κ2) is 11.4. The van der Waals surface area contributed by atoms with Crippen LogP contribution in [0.1, 0.15) is 17.5 Å². The van der Waals surface area contributed by atoms with Gasteiger partial charge in [-0.3, -0.25) is 14.6 Å². The van der Waals surface area contributed by atoms with E-state index in [1.54, 1.807) is 17.4 Å². The molecule has 0 atom stereocenters. The first-order chi connectivity index (χ1) is 14.7. The third kappa shape index (κ3) is 6.14. The van der Waals surface area contributed by atoms with E-state index >= 15 is 0 Å². The van der Waals surface area contributed by atoms with Gasteiger partial charge >= 0.3 is 0 Å². The Morgan fingerprint density at radius 2 is 1.94 bits per heavy atom. The normalized spacial score (nSPS) is 14.6. The fourth-order valence-electron chi connectivity index (χ4n) is 3.59. The highest BCUT2D eigenvalue weighted by Crippen LogP contribution is 2.31. The number of aromatic nitrogens is 1. The van der Waals surface area contributed by atoms with Crippen molar-refractivity contribution in [2.45, 2.75) is 13.3 Å². The van der Waals surface area contributed by atoms with Gasteiger partial charge in [-0.15, -0.1) is 12.4 Å². The predicted octanol–water partition coefficient (Wildman–Crippen LogP) is 4.80. The van der Waals surface area contributed by atoms with Crippen LogP contribution in [-0.2, 0) is 9.53 Å². The molecule has 1 fully saturated rings. The molecule has 2 aromatic carbocycles. The van der Waals surface area contributed by atoms with Gasteiger partial charge in [-0.25, -0.2) is 4.98 Å². The molecule has 0 saturated carbocycles. The van der Waals surface area contributed by atoms with Crippen molar-refractivity contribution in [3.63, 3.8) is 0 Å². The van der Waals surface area contributed by atoms with Gasteiger partial charge in [0.25, 0.3) is 5.91 Å². The number of halogens is 1. The smallest absolute Gasteiger partial charge is 0.252 e. The number of thiazole rings is 1. The topological polar surface area (TPSA) is 45.7 Å². The van der Waals surface area contributed by atoms with Crippen LogP contribution in [0.2, 0.25) is 0 Å². The van der Waals surface area contributed by atoms with Crippen LogP contribution < -0.4 is 4.90 Å². The Hall–Kier alpha value is -2.25. The second-order valence-corrected chi connectivity index (χ2v) is 8.47. The van der Waals surface area contributed by atoms with E-state index in [0.717, 1.165) is 65.7 Å². The van der Waals surface area contributed by atoms with E-state index in [1.165, 1.54) is 0 Å². The van der Waals surface area contributed by atoms with Gasteiger partial charge in [0.2, 0.25) is 0 Å². The molecule has 3 aromatic rings. The molecule has 5 nitrogen and oxygen atoms in total. The zero-order chi connectivity index (χ0) is 20.8. The zero-order valence-electron chi connectivity index (χ0n) is 17.7. The van der Waals surface area contributed by atoms with Crippen LogP contribution in [0.15, 0.2) is 54.6 Å². The van der Waals surface area contributed by atoms with Crippen LogP contribution in [-0.4, -0.2) is 55.2 Å². The highest BCUT2D eigenvalue weighted by molar-refractivity contribution is 7.22.